The van der Waals surface area contributed by atoms with E-state index in [2.05, 4.69) is 34.0 Å². The molecule has 4 fully saturated rings. The zero-order chi connectivity index (χ0) is 17.4. The van der Waals surface area contributed by atoms with Crippen LogP contribution in [0.1, 0.15) is 52.4 Å². The van der Waals surface area contributed by atoms with Crippen LogP contribution in [-0.4, -0.2) is 73.8 Å². The summed E-state index contributed by atoms with van der Waals surface area (Å²) < 4.78 is 6.06. The summed E-state index contributed by atoms with van der Waals surface area (Å²) in [6, 6.07) is 1.21. The van der Waals surface area contributed by atoms with Gasteiger partial charge in [0.1, 0.15) is 0 Å². The third kappa shape index (κ3) is 3.75. The van der Waals surface area contributed by atoms with Gasteiger partial charge in [-0.15, -0.1) is 24.0 Å². The van der Waals surface area contributed by atoms with Crippen LogP contribution in [0.2, 0.25) is 0 Å². The number of ether oxygens (including phenoxy) is 1. The van der Waals surface area contributed by atoms with E-state index in [1.807, 2.05) is 7.05 Å². The fourth-order valence-corrected chi connectivity index (χ4v) is 5.77. The second kappa shape index (κ2) is 8.52. The molecule has 26 heavy (non-hydrogen) atoms. The first-order valence-electron chi connectivity index (χ1n) is 10.4. The van der Waals surface area contributed by atoms with Crippen LogP contribution >= 0.6 is 24.0 Å². The van der Waals surface area contributed by atoms with Gasteiger partial charge < -0.3 is 15.0 Å². The molecule has 3 saturated heterocycles. The Kier molecular flexibility index (Phi) is 6.76. The first-order chi connectivity index (χ1) is 12.1. The van der Waals surface area contributed by atoms with Crippen LogP contribution < -0.4 is 5.32 Å². The van der Waals surface area contributed by atoms with E-state index in [9.17, 15) is 0 Å². The molecule has 1 N–H and O–H groups in total. The average Bonchev–Trinajstić information content (AvgIpc) is 3.13. The van der Waals surface area contributed by atoms with Crippen molar-refractivity contribution < 1.29 is 4.74 Å². The summed E-state index contributed by atoms with van der Waals surface area (Å²) in [5, 5.41) is 3.84. The number of hydrogen-bond donors (Lipinski definition) is 1. The number of fused-ring (bicyclic) bond motifs is 1. The topological polar surface area (TPSA) is 40.1 Å². The molecule has 4 rings (SSSR count). The van der Waals surface area contributed by atoms with Crippen molar-refractivity contribution in [2.24, 2.45) is 16.3 Å². The highest BCUT2D eigenvalue weighted by Crippen LogP contribution is 2.51. The largest absolute Gasteiger partial charge is 0.377 e. The van der Waals surface area contributed by atoms with E-state index in [1.54, 1.807) is 0 Å². The molecule has 0 amide bonds. The molecule has 0 spiro atoms. The Hall–Kier alpha value is -0.0800. The Bertz CT molecular complexity index is 506. The van der Waals surface area contributed by atoms with Crippen molar-refractivity contribution in [1.29, 1.82) is 0 Å². The van der Waals surface area contributed by atoms with E-state index in [4.69, 9.17) is 4.74 Å². The summed E-state index contributed by atoms with van der Waals surface area (Å²) in [4.78, 5) is 9.86. The van der Waals surface area contributed by atoms with Gasteiger partial charge in [0.15, 0.2) is 5.96 Å². The van der Waals surface area contributed by atoms with Crippen molar-refractivity contribution in [2.75, 3.05) is 39.8 Å². The van der Waals surface area contributed by atoms with Gasteiger partial charge in [0.05, 0.1) is 6.10 Å². The predicted molar refractivity (Wildman–Crippen MR) is 117 cm³/mol. The van der Waals surface area contributed by atoms with Gasteiger partial charge in [-0.3, -0.25) is 9.89 Å². The molecule has 1 saturated carbocycles. The quantitative estimate of drug-likeness (QED) is 0.378. The Balaban J connectivity index is 0.00000196. The van der Waals surface area contributed by atoms with Crippen LogP contribution in [-0.2, 0) is 4.74 Å². The maximum Gasteiger partial charge on any atom is 0.193 e. The van der Waals surface area contributed by atoms with Gasteiger partial charge in [-0.05, 0) is 45.2 Å². The molecule has 4 atom stereocenters. The minimum atomic E-state index is 0. The predicted octanol–water partition coefficient (Wildman–Crippen LogP) is 2.94. The molecule has 0 aromatic carbocycles. The van der Waals surface area contributed by atoms with Gasteiger partial charge in [0, 0.05) is 50.2 Å². The number of nitrogens with zero attached hydrogens (tertiary/aromatic N) is 3. The van der Waals surface area contributed by atoms with Gasteiger partial charge in [-0.2, -0.15) is 0 Å². The standard InChI is InChI=1S/C20H36N4O.HI/c1-20(2)17(16-8-7-13-25-18(16)20)22-19(21-3)24-12-9-15(14-24)23-10-5-4-6-11-23;/h15-18H,4-14H2,1-3H3,(H,21,22);1H. The van der Waals surface area contributed by atoms with Crippen LogP contribution in [0.5, 0.6) is 0 Å². The van der Waals surface area contributed by atoms with Crippen molar-refractivity contribution in [3.8, 4) is 0 Å². The van der Waals surface area contributed by atoms with Crippen LogP contribution in [0.4, 0.5) is 0 Å². The van der Waals surface area contributed by atoms with E-state index in [0.717, 1.165) is 31.7 Å². The number of piperidine rings is 1. The van der Waals surface area contributed by atoms with Crippen molar-refractivity contribution in [1.82, 2.24) is 15.1 Å². The lowest BCUT2D eigenvalue weighted by atomic mass is 9.55. The summed E-state index contributed by atoms with van der Waals surface area (Å²) in [6.07, 6.45) is 8.37. The molecule has 0 aromatic rings. The third-order valence-corrected chi connectivity index (χ3v) is 7.20. The monoisotopic (exact) mass is 476 g/mol. The Labute approximate surface area is 176 Å². The fourth-order valence-electron chi connectivity index (χ4n) is 5.77. The highest BCUT2D eigenvalue weighted by Gasteiger charge is 2.58. The van der Waals surface area contributed by atoms with Crippen LogP contribution in [0, 0.1) is 11.3 Å². The Morgan fingerprint density at radius 3 is 2.58 bits per heavy atom. The summed E-state index contributed by atoms with van der Waals surface area (Å²) in [5.41, 5.74) is 0.201. The molecule has 0 radical (unpaired) electrons. The van der Waals surface area contributed by atoms with Crippen molar-refractivity contribution in [2.45, 2.75) is 70.6 Å². The number of halogens is 1. The molecule has 4 unspecified atom stereocenters. The van der Waals surface area contributed by atoms with Gasteiger partial charge in [0.2, 0.25) is 0 Å². The highest BCUT2D eigenvalue weighted by atomic mass is 127. The molecule has 4 aliphatic rings. The smallest absolute Gasteiger partial charge is 0.193 e. The molecule has 5 nitrogen and oxygen atoms in total. The van der Waals surface area contributed by atoms with Gasteiger partial charge >= 0.3 is 0 Å². The van der Waals surface area contributed by atoms with Crippen molar-refractivity contribution in [3.05, 3.63) is 0 Å². The number of aliphatic imine (C=N–C) groups is 1. The normalized spacial score (nSPS) is 37.5. The second-order valence-electron chi connectivity index (χ2n) is 9.07. The minimum Gasteiger partial charge on any atom is -0.377 e. The van der Waals surface area contributed by atoms with Gasteiger partial charge in [-0.1, -0.05) is 20.3 Å². The number of guanidine groups is 1. The molecule has 0 aromatic heterocycles. The van der Waals surface area contributed by atoms with Crippen molar-refractivity contribution in [3.63, 3.8) is 0 Å². The number of likely N-dealkylation sites (tertiary alicyclic amines) is 2. The molecule has 150 valence electrons. The molecular formula is C20H37IN4O. The third-order valence-electron chi connectivity index (χ3n) is 7.20. The SMILES string of the molecule is CN=C(NC1C2CCCOC2C1(C)C)N1CCC(N2CCCCC2)C1.I. The molecule has 6 heteroatoms. The zero-order valence-electron chi connectivity index (χ0n) is 16.7. The molecule has 3 heterocycles. The maximum absolute atomic E-state index is 6.06. The summed E-state index contributed by atoms with van der Waals surface area (Å²) in [7, 11) is 1.94. The lowest BCUT2D eigenvalue weighted by Crippen LogP contribution is -2.71. The van der Waals surface area contributed by atoms with E-state index < -0.39 is 0 Å². The number of nitrogens with one attached hydrogen (secondary N) is 1. The first-order valence-corrected chi connectivity index (χ1v) is 10.4. The average molecular weight is 476 g/mol. The first kappa shape index (κ1) is 20.6. The maximum atomic E-state index is 6.06. The van der Waals surface area contributed by atoms with Crippen molar-refractivity contribution >= 4 is 29.9 Å². The van der Waals surface area contributed by atoms with Gasteiger partial charge in [-0.25, -0.2) is 0 Å². The Morgan fingerprint density at radius 1 is 1.08 bits per heavy atom. The minimum absolute atomic E-state index is 0. The zero-order valence-corrected chi connectivity index (χ0v) is 19.1. The van der Waals surface area contributed by atoms with E-state index >= 15 is 0 Å². The molecular weight excluding hydrogens is 439 g/mol. The Morgan fingerprint density at radius 2 is 1.85 bits per heavy atom. The van der Waals surface area contributed by atoms with E-state index in [-0.39, 0.29) is 29.4 Å². The summed E-state index contributed by atoms with van der Waals surface area (Å²) in [6.45, 7) is 10.5. The molecule has 0 bridgehead atoms. The van der Waals surface area contributed by atoms with E-state index in [0.29, 0.717) is 18.1 Å². The van der Waals surface area contributed by atoms with Crippen LogP contribution in [0.3, 0.4) is 0 Å². The number of rotatable bonds is 2. The second-order valence-corrected chi connectivity index (χ2v) is 9.07. The van der Waals surface area contributed by atoms with Gasteiger partial charge in [0.25, 0.3) is 0 Å². The lowest BCUT2D eigenvalue weighted by molar-refractivity contribution is -0.188. The van der Waals surface area contributed by atoms with Crippen LogP contribution in [0.15, 0.2) is 4.99 Å². The lowest BCUT2D eigenvalue weighted by Gasteiger charge is -2.60. The number of hydrogen-bond acceptors (Lipinski definition) is 3. The van der Waals surface area contributed by atoms with E-state index in [1.165, 1.54) is 51.6 Å². The molecule has 1 aliphatic carbocycles. The van der Waals surface area contributed by atoms with Crippen LogP contribution in [0.25, 0.3) is 0 Å². The molecule has 3 aliphatic heterocycles. The summed E-state index contributed by atoms with van der Waals surface area (Å²) in [5.74, 6) is 1.77. The summed E-state index contributed by atoms with van der Waals surface area (Å²) >= 11 is 0. The fraction of sp³-hybridized carbons (Fsp3) is 0.950. The highest BCUT2D eigenvalue weighted by molar-refractivity contribution is 14.0.